The topological polar surface area (TPSA) is 87.7 Å². The van der Waals surface area contributed by atoms with Crippen LogP contribution in [0.4, 0.5) is 11.4 Å². The van der Waals surface area contributed by atoms with Crippen LogP contribution in [0.3, 0.4) is 0 Å². The average molecular weight is 432 g/mol. The van der Waals surface area contributed by atoms with Gasteiger partial charge in [-0.1, -0.05) is 26.0 Å². The van der Waals surface area contributed by atoms with Crippen LogP contribution >= 0.6 is 0 Å². The van der Waals surface area contributed by atoms with Gasteiger partial charge in [0, 0.05) is 36.9 Å². The molecule has 162 valence electrons. The van der Waals surface area contributed by atoms with Crippen molar-refractivity contribution in [2.45, 2.75) is 25.2 Å². The number of nitrogens with zero attached hydrogens (tertiary/aromatic N) is 1. The molecule has 30 heavy (non-hydrogen) atoms. The Morgan fingerprint density at radius 1 is 1.03 bits per heavy atom. The van der Waals surface area contributed by atoms with Crippen LogP contribution in [-0.4, -0.2) is 47.2 Å². The molecular weight excluding hydrogens is 402 g/mol. The first-order valence-corrected chi connectivity index (χ1v) is 11.7. The molecular formula is C22H29N3O4S. The molecule has 0 atom stereocenters. The van der Waals surface area contributed by atoms with Crippen molar-refractivity contribution in [3.63, 3.8) is 0 Å². The summed E-state index contributed by atoms with van der Waals surface area (Å²) in [5.41, 5.74) is 2.81. The highest BCUT2D eigenvalue weighted by molar-refractivity contribution is 7.89. The first-order valence-electron chi connectivity index (χ1n) is 10.2. The lowest BCUT2D eigenvalue weighted by molar-refractivity contribution is -0.118. The molecule has 3 rings (SSSR count). The first kappa shape index (κ1) is 22.3. The zero-order valence-electron chi connectivity index (χ0n) is 17.4. The van der Waals surface area contributed by atoms with Crippen molar-refractivity contribution in [1.82, 2.24) is 4.72 Å². The highest BCUT2D eigenvalue weighted by Gasteiger charge is 2.15. The Labute approximate surface area is 178 Å². The molecule has 0 saturated carbocycles. The van der Waals surface area contributed by atoms with Gasteiger partial charge in [0.05, 0.1) is 18.1 Å². The van der Waals surface area contributed by atoms with Gasteiger partial charge >= 0.3 is 0 Å². The standard InChI is InChI=1S/C22H29N3O4S/c1-17(2)22(26)24-19-5-9-21(10-6-19)30(27,28)23-12-11-18-3-7-20(8-4-18)25-13-15-29-16-14-25/h3-10,17,23H,11-16H2,1-2H3,(H,24,26). The molecule has 1 saturated heterocycles. The van der Waals surface area contributed by atoms with Gasteiger partial charge in [0.2, 0.25) is 15.9 Å². The number of morpholine rings is 1. The quantitative estimate of drug-likeness (QED) is 0.671. The molecule has 2 aromatic rings. The number of hydrogen-bond acceptors (Lipinski definition) is 5. The van der Waals surface area contributed by atoms with E-state index in [1.807, 2.05) is 12.1 Å². The summed E-state index contributed by atoms with van der Waals surface area (Å²) in [6, 6.07) is 14.4. The Morgan fingerprint density at radius 3 is 2.27 bits per heavy atom. The zero-order valence-corrected chi connectivity index (χ0v) is 18.2. The number of hydrogen-bond donors (Lipinski definition) is 2. The third-order valence-electron chi connectivity index (χ3n) is 4.97. The Hall–Kier alpha value is -2.42. The molecule has 1 aliphatic heterocycles. The van der Waals surface area contributed by atoms with Crippen LogP contribution in [0.1, 0.15) is 19.4 Å². The van der Waals surface area contributed by atoms with E-state index in [0.717, 1.165) is 37.6 Å². The van der Waals surface area contributed by atoms with Crippen molar-refractivity contribution in [1.29, 1.82) is 0 Å². The largest absolute Gasteiger partial charge is 0.378 e. The maximum absolute atomic E-state index is 12.5. The highest BCUT2D eigenvalue weighted by atomic mass is 32.2. The second kappa shape index (κ2) is 10.1. The number of benzene rings is 2. The highest BCUT2D eigenvalue weighted by Crippen LogP contribution is 2.18. The van der Waals surface area contributed by atoms with E-state index in [1.54, 1.807) is 26.0 Å². The maximum atomic E-state index is 12.5. The lowest BCUT2D eigenvalue weighted by atomic mass is 10.1. The lowest BCUT2D eigenvalue weighted by Crippen LogP contribution is -2.36. The number of nitrogens with one attached hydrogen (secondary N) is 2. The number of carbonyl (C=O) groups is 1. The van der Waals surface area contributed by atoms with Gasteiger partial charge in [0.25, 0.3) is 0 Å². The molecule has 7 nitrogen and oxygen atoms in total. The molecule has 0 aromatic heterocycles. The summed E-state index contributed by atoms with van der Waals surface area (Å²) in [6.45, 7) is 7.18. The summed E-state index contributed by atoms with van der Waals surface area (Å²) in [4.78, 5) is 14.2. The number of anilines is 2. The van der Waals surface area contributed by atoms with Gasteiger partial charge in [-0.2, -0.15) is 0 Å². The molecule has 1 aliphatic rings. The molecule has 0 bridgehead atoms. The van der Waals surface area contributed by atoms with Crippen LogP contribution in [0.2, 0.25) is 0 Å². The van der Waals surface area contributed by atoms with Gasteiger partial charge in [0.15, 0.2) is 0 Å². The molecule has 0 spiro atoms. The van der Waals surface area contributed by atoms with Crippen molar-refractivity contribution in [3.05, 3.63) is 54.1 Å². The van der Waals surface area contributed by atoms with Gasteiger partial charge in [-0.25, -0.2) is 13.1 Å². The molecule has 2 aromatic carbocycles. The van der Waals surface area contributed by atoms with Gasteiger partial charge in [0.1, 0.15) is 0 Å². The third-order valence-corrected chi connectivity index (χ3v) is 6.45. The minimum Gasteiger partial charge on any atom is -0.378 e. The summed E-state index contributed by atoms with van der Waals surface area (Å²) >= 11 is 0. The number of amides is 1. The first-order chi connectivity index (χ1) is 14.3. The Morgan fingerprint density at radius 2 is 1.67 bits per heavy atom. The number of rotatable bonds is 8. The van der Waals surface area contributed by atoms with E-state index in [0.29, 0.717) is 18.7 Å². The smallest absolute Gasteiger partial charge is 0.240 e. The molecule has 1 fully saturated rings. The minimum absolute atomic E-state index is 0.108. The average Bonchev–Trinajstić information content (AvgIpc) is 2.75. The van der Waals surface area contributed by atoms with Crippen molar-refractivity contribution in [2.75, 3.05) is 43.1 Å². The summed E-state index contributed by atoms with van der Waals surface area (Å²) < 4.78 is 33.0. The van der Waals surface area contributed by atoms with Crippen LogP contribution < -0.4 is 14.9 Å². The van der Waals surface area contributed by atoms with Crippen molar-refractivity contribution >= 4 is 27.3 Å². The van der Waals surface area contributed by atoms with Crippen molar-refractivity contribution in [3.8, 4) is 0 Å². The summed E-state index contributed by atoms with van der Waals surface area (Å²) in [5.74, 6) is -0.249. The normalized spacial score (nSPS) is 14.7. The number of ether oxygens (including phenoxy) is 1. The van der Waals surface area contributed by atoms with Gasteiger partial charge in [-0.3, -0.25) is 4.79 Å². The molecule has 8 heteroatoms. The van der Waals surface area contributed by atoms with Gasteiger partial charge < -0.3 is 15.0 Å². The second-order valence-electron chi connectivity index (χ2n) is 7.58. The molecule has 1 heterocycles. The van der Waals surface area contributed by atoms with E-state index in [9.17, 15) is 13.2 Å². The molecule has 0 radical (unpaired) electrons. The third kappa shape index (κ3) is 6.04. The van der Waals surface area contributed by atoms with E-state index >= 15 is 0 Å². The lowest BCUT2D eigenvalue weighted by Gasteiger charge is -2.28. The van der Waals surface area contributed by atoms with E-state index in [2.05, 4.69) is 27.1 Å². The number of carbonyl (C=O) groups excluding carboxylic acids is 1. The predicted molar refractivity (Wildman–Crippen MR) is 118 cm³/mol. The molecule has 0 unspecified atom stereocenters. The SMILES string of the molecule is CC(C)C(=O)Nc1ccc(S(=O)(=O)NCCc2ccc(N3CCOCC3)cc2)cc1. The molecule has 2 N–H and O–H groups in total. The summed E-state index contributed by atoms with van der Waals surface area (Å²) in [7, 11) is -3.60. The summed E-state index contributed by atoms with van der Waals surface area (Å²) in [6.07, 6.45) is 0.602. The fourth-order valence-corrected chi connectivity index (χ4v) is 4.14. The van der Waals surface area contributed by atoms with E-state index in [1.165, 1.54) is 12.1 Å². The van der Waals surface area contributed by atoms with Crippen LogP contribution in [0.5, 0.6) is 0 Å². The monoisotopic (exact) mass is 431 g/mol. The minimum atomic E-state index is -3.60. The van der Waals surface area contributed by atoms with Gasteiger partial charge in [-0.15, -0.1) is 0 Å². The molecule has 1 amide bonds. The Balaban J connectivity index is 1.51. The predicted octanol–water partition coefficient (Wildman–Crippen LogP) is 2.64. The molecule has 0 aliphatic carbocycles. The zero-order chi connectivity index (χ0) is 21.6. The van der Waals surface area contributed by atoms with Crippen molar-refractivity contribution < 1.29 is 17.9 Å². The summed E-state index contributed by atoms with van der Waals surface area (Å²) in [5, 5.41) is 2.75. The van der Waals surface area contributed by atoms with Crippen LogP contribution in [-0.2, 0) is 26.0 Å². The van der Waals surface area contributed by atoms with Crippen molar-refractivity contribution in [2.24, 2.45) is 5.92 Å². The Kier molecular flexibility index (Phi) is 7.47. The van der Waals surface area contributed by atoms with Gasteiger partial charge in [-0.05, 0) is 48.4 Å². The maximum Gasteiger partial charge on any atom is 0.240 e. The second-order valence-corrected chi connectivity index (χ2v) is 9.35. The fourth-order valence-electron chi connectivity index (χ4n) is 3.11. The van der Waals surface area contributed by atoms with E-state index < -0.39 is 10.0 Å². The van der Waals surface area contributed by atoms with Crippen LogP contribution in [0, 0.1) is 5.92 Å². The van der Waals surface area contributed by atoms with Crippen LogP contribution in [0.15, 0.2) is 53.4 Å². The van der Waals surface area contributed by atoms with E-state index in [-0.39, 0.29) is 16.7 Å². The van der Waals surface area contributed by atoms with E-state index in [4.69, 9.17) is 4.74 Å². The Bertz CT molecular complexity index is 935. The van der Waals surface area contributed by atoms with Crippen LogP contribution in [0.25, 0.3) is 0 Å². The number of sulfonamides is 1. The fraction of sp³-hybridized carbons (Fsp3) is 0.409.